The molecule has 0 spiro atoms. The van der Waals surface area contributed by atoms with Gasteiger partial charge in [0.25, 0.3) is 5.56 Å². The monoisotopic (exact) mass is 328 g/mol. The van der Waals surface area contributed by atoms with Gasteiger partial charge in [-0.2, -0.15) is 26.3 Å². The van der Waals surface area contributed by atoms with Crippen LogP contribution < -0.4 is 5.56 Å². The van der Waals surface area contributed by atoms with Crippen molar-refractivity contribution in [2.45, 2.75) is 31.5 Å². The summed E-state index contributed by atoms with van der Waals surface area (Å²) >= 11 is 0. The first-order valence-corrected chi connectivity index (χ1v) is 6.00. The maximum Gasteiger partial charge on any atom is 0.416 e. The molecule has 2 N–H and O–H groups in total. The van der Waals surface area contributed by atoms with E-state index >= 15 is 0 Å². The Labute approximate surface area is 119 Å². The molecule has 4 nitrogen and oxygen atoms in total. The van der Waals surface area contributed by atoms with Gasteiger partial charge in [0.2, 0.25) is 0 Å². The number of hydrogen-bond acceptors (Lipinski definition) is 2. The third-order valence-corrected chi connectivity index (χ3v) is 2.91. The number of nitrogens with one attached hydrogen (secondary N) is 2. The van der Waals surface area contributed by atoms with Crippen molar-refractivity contribution in [1.82, 2.24) is 10.2 Å². The molecule has 10 heteroatoms. The van der Waals surface area contributed by atoms with Crippen molar-refractivity contribution in [2.75, 3.05) is 0 Å². The van der Waals surface area contributed by atoms with Crippen molar-refractivity contribution in [3.05, 3.63) is 45.4 Å². The molecule has 1 atom stereocenters. The lowest BCUT2D eigenvalue weighted by molar-refractivity contribution is -0.104. The maximum atomic E-state index is 12.7. The van der Waals surface area contributed by atoms with E-state index in [0.717, 1.165) is 6.07 Å². The minimum atomic E-state index is -4.90. The second-order valence-corrected chi connectivity index (χ2v) is 4.62. The van der Waals surface area contributed by atoms with Crippen molar-refractivity contribution in [3.63, 3.8) is 0 Å². The lowest BCUT2D eigenvalue weighted by Gasteiger charge is -2.24. The van der Waals surface area contributed by atoms with Gasteiger partial charge < -0.3 is 4.74 Å². The Balaban J connectivity index is 2.16. The van der Waals surface area contributed by atoms with Crippen LogP contribution in [0.5, 0.6) is 0 Å². The van der Waals surface area contributed by atoms with E-state index in [0.29, 0.717) is 6.08 Å². The van der Waals surface area contributed by atoms with Gasteiger partial charge in [0.1, 0.15) is 0 Å². The normalized spacial score (nSPS) is 19.8. The quantitative estimate of drug-likeness (QED) is 0.838. The van der Waals surface area contributed by atoms with Crippen LogP contribution in [0.2, 0.25) is 0 Å². The summed E-state index contributed by atoms with van der Waals surface area (Å²) < 4.78 is 81.0. The summed E-state index contributed by atoms with van der Waals surface area (Å²) in [4.78, 5) is 10.8. The number of hydrogen-bond donors (Lipinski definition) is 2. The molecule has 2 rings (SSSR count). The average molecular weight is 328 g/mol. The summed E-state index contributed by atoms with van der Waals surface area (Å²) in [5.74, 6) is 0. The number of H-pyrrole nitrogens is 2. The van der Waals surface area contributed by atoms with Crippen molar-refractivity contribution in [3.8, 4) is 0 Å². The van der Waals surface area contributed by atoms with E-state index in [-0.39, 0.29) is 18.4 Å². The molecule has 1 aromatic rings. The van der Waals surface area contributed by atoms with Gasteiger partial charge in [-0.3, -0.25) is 15.0 Å². The SMILES string of the molecule is O=c1cc(COC2C=C(C(F)(F)F)C=C(C(F)(F)F)C2)[nH][nH]1. The van der Waals surface area contributed by atoms with Gasteiger partial charge in [0.05, 0.1) is 24.0 Å². The van der Waals surface area contributed by atoms with Crippen molar-refractivity contribution in [2.24, 2.45) is 0 Å². The second-order valence-electron chi connectivity index (χ2n) is 4.62. The molecule has 1 aliphatic carbocycles. The molecule has 1 aliphatic rings. The summed E-state index contributed by atoms with van der Waals surface area (Å²) in [7, 11) is 0. The molecule has 1 heterocycles. The fourth-order valence-corrected chi connectivity index (χ4v) is 1.90. The lowest BCUT2D eigenvalue weighted by Crippen LogP contribution is -2.26. The van der Waals surface area contributed by atoms with E-state index in [9.17, 15) is 31.1 Å². The standard InChI is InChI=1S/C12H10F6N2O2/c13-11(14,15)6-1-7(12(16,17)18)3-9(2-6)22-5-8-4-10(21)20-19-8/h1-2,4,9H,3,5H2,(H2,19,20,21). The second kappa shape index (κ2) is 5.67. The molecule has 0 aromatic carbocycles. The van der Waals surface area contributed by atoms with Gasteiger partial charge in [0.15, 0.2) is 0 Å². The van der Waals surface area contributed by atoms with Gasteiger partial charge in [-0.1, -0.05) is 0 Å². The highest BCUT2D eigenvalue weighted by atomic mass is 19.4. The van der Waals surface area contributed by atoms with Crippen LogP contribution in [0, 0.1) is 0 Å². The van der Waals surface area contributed by atoms with Crippen LogP contribution in [0.3, 0.4) is 0 Å². The first-order chi connectivity index (χ1) is 10.1. The highest BCUT2D eigenvalue weighted by molar-refractivity contribution is 5.35. The Kier molecular flexibility index (Phi) is 4.23. The third kappa shape index (κ3) is 4.03. The van der Waals surface area contributed by atoms with Crippen LogP contribution in [-0.2, 0) is 11.3 Å². The zero-order chi connectivity index (χ0) is 16.5. The molecular weight excluding hydrogens is 318 g/mol. The molecule has 0 saturated carbocycles. The van der Waals surface area contributed by atoms with Crippen LogP contribution in [0.1, 0.15) is 12.1 Å². The van der Waals surface area contributed by atoms with Crippen molar-refractivity contribution in [1.29, 1.82) is 0 Å². The van der Waals surface area contributed by atoms with Crippen LogP contribution >= 0.6 is 0 Å². The van der Waals surface area contributed by atoms with Crippen LogP contribution in [0.4, 0.5) is 26.3 Å². The summed E-state index contributed by atoms with van der Waals surface area (Å²) in [6.45, 7) is -0.323. The largest absolute Gasteiger partial charge is 0.416 e. The summed E-state index contributed by atoms with van der Waals surface area (Å²) in [5.41, 5.74) is -2.98. The van der Waals surface area contributed by atoms with Crippen LogP contribution in [0.25, 0.3) is 0 Å². The molecule has 0 saturated heterocycles. The van der Waals surface area contributed by atoms with Gasteiger partial charge >= 0.3 is 12.4 Å². The lowest BCUT2D eigenvalue weighted by atomic mass is 9.96. The Morgan fingerprint density at radius 3 is 2.32 bits per heavy atom. The van der Waals surface area contributed by atoms with Crippen LogP contribution in [-0.4, -0.2) is 28.7 Å². The fourth-order valence-electron chi connectivity index (χ4n) is 1.90. The molecule has 1 aromatic heterocycles. The highest BCUT2D eigenvalue weighted by Crippen LogP contribution is 2.38. The number of aromatic nitrogens is 2. The summed E-state index contributed by atoms with van der Waals surface area (Å²) in [6, 6.07) is 1.09. The van der Waals surface area contributed by atoms with Gasteiger partial charge in [-0.05, 0) is 12.2 Å². The maximum absolute atomic E-state index is 12.7. The Bertz CT molecular complexity index is 650. The van der Waals surface area contributed by atoms with Crippen molar-refractivity contribution < 1.29 is 31.1 Å². The van der Waals surface area contributed by atoms with E-state index in [1.165, 1.54) is 0 Å². The number of rotatable bonds is 3. The number of aromatic amines is 2. The number of allylic oxidation sites excluding steroid dienone is 2. The van der Waals surface area contributed by atoms with Crippen molar-refractivity contribution >= 4 is 0 Å². The first kappa shape index (κ1) is 16.4. The number of halogens is 6. The molecule has 0 aliphatic heterocycles. The minimum absolute atomic E-state index is 0.0814. The van der Waals surface area contributed by atoms with Gasteiger partial charge in [0, 0.05) is 18.1 Å². The average Bonchev–Trinajstić information content (AvgIpc) is 2.80. The smallest absolute Gasteiger partial charge is 0.368 e. The molecule has 1 unspecified atom stereocenters. The zero-order valence-corrected chi connectivity index (χ0v) is 10.8. The van der Waals surface area contributed by atoms with E-state index in [1.54, 1.807) is 0 Å². The summed E-state index contributed by atoms with van der Waals surface area (Å²) in [6.07, 6.45) is -11.2. The molecular formula is C12H10F6N2O2. The molecule has 0 amide bonds. The Morgan fingerprint density at radius 1 is 1.14 bits per heavy atom. The van der Waals surface area contributed by atoms with E-state index in [4.69, 9.17) is 4.74 Å². The fraction of sp³-hybridized carbons (Fsp3) is 0.417. The topological polar surface area (TPSA) is 57.9 Å². The predicted octanol–water partition coefficient (Wildman–Crippen LogP) is 2.97. The zero-order valence-electron chi connectivity index (χ0n) is 10.8. The van der Waals surface area contributed by atoms with E-state index in [1.807, 2.05) is 0 Å². The Hall–Kier alpha value is -1.97. The van der Waals surface area contributed by atoms with Crippen LogP contribution in [0.15, 0.2) is 34.2 Å². The number of ether oxygens (including phenoxy) is 1. The molecule has 122 valence electrons. The van der Waals surface area contributed by atoms with Gasteiger partial charge in [-0.15, -0.1) is 0 Å². The number of alkyl halides is 6. The predicted molar refractivity (Wildman–Crippen MR) is 62.9 cm³/mol. The molecule has 0 radical (unpaired) electrons. The summed E-state index contributed by atoms with van der Waals surface area (Å²) in [5, 5.41) is 4.56. The van der Waals surface area contributed by atoms with E-state index in [2.05, 4.69) is 10.2 Å². The van der Waals surface area contributed by atoms with E-state index < -0.39 is 41.6 Å². The third-order valence-electron chi connectivity index (χ3n) is 2.91. The molecule has 22 heavy (non-hydrogen) atoms. The molecule has 0 bridgehead atoms. The van der Waals surface area contributed by atoms with Gasteiger partial charge in [-0.25, -0.2) is 0 Å². The highest BCUT2D eigenvalue weighted by Gasteiger charge is 2.42. The minimum Gasteiger partial charge on any atom is -0.368 e. The molecule has 0 fully saturated rings. The first-order valence-electron chi connectivity index (χ1n) is 6.00. The Morgan fingerprint density at radius 2 is 1.82 bits per heavy atom.